The molecule has 27 atom stereocenters. The van der Waals surface area contributed by atoms with Crippen molar-refractivity contribution in [2.75, 3.05) is 26.4 Å². The number of phenols is 2. The number of alkyl halides is 1. The van der Waals surface area contributed by atoms with Gasteiger partial charge in [0.1, 0.15) is 138 Å². The number of aromatic hydroxyl groups is 2. The molecule has 17 bridgehead atoms. The van der Waals surface area contributed by atoms with Gasteiger partial charge in [-0.05, 0) is 132 Å². The zero-order chi connectivity index (χ0) is 92.1. The number of aliphatic carboxylic acids is 1. The van der Waals surface area contributed by atoms with Crippen LogP contribution in [0.25, 0.3) is 0 Å². The Morgan fingerprint density at radius 3 is 1.86 bits per heavy atom. The first kappa shape index (κ1) is 91.8. The van der Waals surface area contributed by atoms with Gasteiger partial charge in [-0.25, -0.2) is 4.79 Å². The number of rotatable bonds is 13. The van der Waals surface area contributed by atoms with Crippen molar-refractivity contribution in [3.8, 4) is 40.2 Å². The minimum absolute atomic E-state index is 0.0185. The molecule has 1 saturated carbocycles. The van der Waals surface area contributed by atoms with Gasteiger partial charge in [-0.1, -0.05) is 42.9 Å². The van der Waals surface area contributed by atoms with Crippen LogP contribution in [-0.2, 0) is 66.8 Å². The molecule has 4 saturated heterocycles. The molecule has 5 aliphatic carbocycles. The van der Waals surface area contributed by atoms with Crippen LogP contribution >= 0.6 is 11.6 Å². The summed E-state index contributed by atoms with van der Waals surface area (Å²) in [5.74, 6) is -18.8. The lowest BCUT2D eigenvalue weighted by Crippen LogP contribution is -2.67. The average molecular weight is 1810 g/mol. The molecule has 25 N–H and O–H groups in total. The number of nitrogens with two attached hydrogens (primary N) is 1. The number of aliphatic hydroxyl groups excluding tert-OH is 11. The maximum atomic E-state index is 17.2. The molecule has 1 spiro atoms. The predicted octanol–water partition coefficient (Wildman–Crippen LogP) is -4.00. The smallest absolute Gasteiger partial charge is 0.330 e. The van der Waals surface area contributed by atoms with E-state index in [0.29, 0.717) is 11.1 Å². The van der Waals surface area contributed by atoms with Crippen molar-refractivity contribution in [3.05, 3.63) is 158 Å². The highest BCUT2D eigenvalue weighted by molar-refractivity contribution is 6.22. The van der Waals surface area contributed by atoms with Crippen LogP contribution in [0.4, 0.5) is 0 Å². The second kappa shape index (κ2) is 35.8. The quantitative estimate of drug-likeness (QED) is 0.0725. The maximum Gasteiger partial charge on any atom is 0.330 e. The van der Waals surface area contributed by atoms with Gasteiger partial charge in [0.2, 0.25) is 65.6 Å². The molecule has 14 aliphatic rings. The number of carboxylic acids is 1. The standard InChI is InChI=1S/C85H98ClN9O33/c1-30-14-34-6-12-47(30)121-50-19-38-20-51(72(50)127-79-63(88-32(3)100)68(107)65(104)53(26-97)124-79)122-48-13-9-39(21-44(48)86)85(128-80-64(89-33(4)101)69(108)66(105)54(27-98)125-80)29-84(85)82(118)94-62(78(116)117)43-23-83(5,119)24-52(123-81-71(110)70(109)67(106)55(28-99)126-81)57(43)56-31(2)42(10-7-36(56)25-96)61(77(115)95-84)93-76(114)60(38)92-75(113)59-37-16-40(102)22-41(17-37)120-49-18-35(8-11-46(49)103)58(87)74(112)90-45(15-34)73(111)91-59/h7-11,13-14,16-20,22-23,31,44-45,53-56,58-71,79-81,96-99,102-110,119H,6,12,15,21,24-29,87H2,1-5H3,(H,88,100)(H,89,101)(H,90,112)(H,91,111)(H,92,113)(H,93,114)(H,94,118)(H,95,115)(H,116,117)/t31?,44-,45+,53?,54?,55?,56?,58+,59-,60+,61+,62-,63?,64?,65+,66+,67+,68?,69?,70?,71?,79-,80-,81-,83?,84+,85-/m0/s1. The molecule has 3 aromatic rings. The first-order valence-electron chi connectivity index (χ1n) is 41.1. The van der Waals surface area contributed by atoms with Gasteiger partial charge in [-0.3, -0.25) is 38.4 Å². The van der Waals surface area contributed by atoms with E-state index in [-0.39, 0.29) is 75.7 Å². The van der Waals surface area contributed by atoms with Gasteiger partial charge in [-0.15, -0.1) is 11.6 Å². The van der Waals surface area contributed by atoms with E-state index in [1.54, 1.807) is 13.0 Å². The number of aliphatic hydroxyl groups is 12. The number of carbonyl (C=O) groups excluding carboxylic acids is 8. The summed E-state index contributed by atoms with van der Waals surface area (Å²) < 4.78 is 58.6. The van der Waals surface area contributed by atoms with Crippen molar-refractivity contribution in [2.24, 2.45) is 17.6 Å². The highest BCUT2D eigenvalue weighted by Crippen LogP contribution is 2.61. The second-order valence-corrected chi connectivity index (χ2v) is 34.4. The van der Waals surface area contributed by atoms with Crippen LogP contribution in [0.3, 0.4) is 0 Å². The van der Waals surface area contributed by atoms with E-state index in [2.05, 4.69) is 42.5 Å². The van der Waals surface area contributed by atoms with E-state index in [9.17, 15) is 95.8 Å². The maximum absolute atomic E-state index is 17.2. The summed E-state index contributed by atoms with van der Waals surface area (Å²) in [4.78, 5) is 139. The van der Waals surface area contributed by atoms with Crippen molar-refractivity contribution < 1.29 is 162 Å². The zero-order valence-corrected chi connectivity index (χ0v) is 69.8. The van der Waals surface area contributed by atoms with Crippen molar-refractivity contribution in [1.29, 1.82) is 0 Å². The van der Waals surface area contributed by atoms with Crippen LogP contribution in [0.2, 0.25) is 0 Å². The third-order valence-electron chi connectivity index (χ3n) is 25.0. The van der Waals surface area contributed by atoms with Gasteiger partial charge in [0, 0.05) is 50.7 Å². The number of hydrogen-bond acceptors (Lipinski definition) is 33. The molecule has 3 aromatic carbocycles. The third kappa shape index (κ3) is 17.3. The lowest BCUT2D eigenvalue weighted by atomic mass is 9.67. The largest absolute Gasteiger partial charge is 0.508 e. The normalized spacial score (nSPS) is 36.5. The highest BCUT2D eigenvalue weighted by Gasteiger charge is 2.78. The monoisotopic (exact) mass is 1810 g/mol. The number of hydrogen-bond donors (Lipinski definition) is 24. The van der Waals surface area contributed by atoms with Crippen molar-refractivity contribution in [1.82, 2.24) is 42.5 Å². The van der Waals surface area contributed by atoms with E-state index in [1.165, 1.54) is 62.4 Å². The summed E-state index contributed by atoms with van der Waals surface area (Å²) in [6, 6.07) is -7.12. The lowest BCUT2D eigenvalue weighted by Gasteiger charge is -2.45. The van der Waals surface area contributed by atoms with E-state index in [1.807, 2.05) is 0 Å². The number of allylic oxidation sites excluding steroid dienone is 8. The number of fused-ring (bicyclic) bond motifs is 14. The summed E-state index contributed by atoms with van der Waals surface area (Å²) in [7, 11) is 0. The molecule has 9 heterocycles. The van der Waals surface area contributed by atoms with Crippen molar-refractivity contribution in [3.63, 3.8) is 0 Å². The van der Waals surface area contributed by atoms with Crippen LogP contribution in [0.5, 0.6) is 40.2 Å². The molecular formula is C85H98ClN9O33. The number of carboxylic acid groups (broad SMARTS) is 1. The molecule has 9 aliphatic heterocycles. The molecule has 128 heavy (non-hydrogen) atoms. The number of amides is 8. The van der Waals surface area contributed by atoms with E-state index in [4.69, 9.17) is 60.0 Å². The molecule has 42 nitrogen and oxygen atoms in total. The van der Waals surface area contributed by atoms with Crippen LogP contribution < -0.4 is 67.2 Å². The number of nitrogens with one attached hydrogen (secondary N) is 8. The number of phenolic OH excluding ortho intramolecular Hbond substituents is 2. The molecule has 12 unspecified atom stereocenters. The zero-order valence-electron chi connectivity index (χ0n) is 69.0. The first-order chi connectivity index (χ1) is 60.7. The topological polar surface area (TPSA) is 662 Å². The van der Waals surface area contributed by atoms with Gasteiger partial charge in [-0.2, -0.15) is 0 Å². The third-order valence-corrected chi connectivity index (χ3v) is 25.4. The van der Waals surface area contributed by atoms with E-state index >= 15 is 24.0 Å². The summed E-state index contributed by atoms with van der Waals surface area (Å²) >= 11 is 7.67. The highest BCUT2D eigenvalue weighted by atomic mass is 35.5. The van der Waals surface area contributed by atoms with Gasteiger partial charge >= 0.3 is 5.97 Å². The van der Waals surface area contributed by atoms with Crippen LogP contribution in [0, 0.1) is 11.8 Å². The lowest BCUT2D eigenvalue weighted by molar-refractivity contribution is -0.292. The number of benzene rings is 3. The summed E-state index contributed by atoms with van der Waals surface area (Å²) in [6.45, 7) is 2.30. The van der Waals surface area contributed by atoms with Crippen LogP contribution in [0.1, 0.15) is 108 Å². The number of carbonyl (C=O) groups is 9. The van der Waals surface area contributed by atoms with Gasteiger partial charge < -0.3 is 167 Å². The molecule has 5 fully saturated rings. The Morgan fingerprint density at radius 2 is 1.23 bits per heavy atom. The van der Waals surface area contributed by atoms with Gasteiger partial charge in [0.15, 0.2) is 40.9 Å². The predicted molar refractivity (Wildman–Crippen MR) is 433 cm³/mol. The number of ether oxygens (including phenoxy) is 9. The molecule has 0 aromatic heterocycles. The fourth-order valence-electron chi connectivity index (χ4n) is 18.4. The second-order valence-electron chi connectivity index (χ2n) is 33.9. The van der Waals surface area contributed by atoms with Gasteiger partial charge in [0.25, 0.3) is 0 Å². The molecule has 688 valence electrons. The van der Waals surface area contributed by atoms with Gasteiger partial charge in [0.05, 0.1) is 37.4 Å². The van der Waals surface area contributed by atoms with E-state index in [0.717, 1.165) is 44.2 Å². The molecule has 0 radical (unpaired) electrons. The number of halogens is 1. The fraction of sp³-hybridized carbons (Fsp3) is 0.494. The van der Waals surface area contributed by atoms with Crippen molar-refractivity contribution >= 4 is 64.8 Å². The summed E-state index contributed by atoms with van der Waals surface area (Å²) in [5.41, 5.74) is -2.45. The molecule has 43 heteroatoms. The average Bonchev–Trinajstić information content (AvgIpc) is 1.50. The Labute approximate surface area is 732 Å². The minimum Gasteiger partial charge on any atom is -0.508 e. The molecule has 17 rings (SSSR count). The van der Waals surface area contributed by atoms with Crippen LogP contribution in [-0.4, -0.2) is 288 Å². The van der Waals surface area contributed by atoms with E-state index < -0.39 is 307 Å². The summed E-state index contributed by atoms with van der Waals surface area (Å²) in [6.07, 6.45) is -20.7. The fourth-order valence-corrected chi connectivity index (χ4v) is 18.7. The Hall–Kier alpha value is -11.0. The first-order valence-corrected chi connectivity index (χ1v) is 41.6. The molecule has 8 amide bonds. The SMILES string of the molecule is CC(=O)NC1C(O)[C@H](O)C(CO)O[C@H]1Oc1c2cc3cc1OC1=C(C)C=C(CC1)C[C@H]1NC(=O)[C@H](N)c4ccc(O)c(c4)Oc4cc(O)cc(c4)[C@H](NC1=O)C(=O)N[C@H]3C(=O)N[C@H]1C(=O)N[C@]3(C[C@]3(O[C@@H]3OC(CO)[C@@H](O)C(O)C3NC(C)=O)C3=CC=C(O2)[C@@H](Cl)C3)C(=O)N[C@H](C(=O)O)C2=CC(C)(O)CC(O[C@H]3OC(CO)[C@@H](O)C(O)C3O)=C2C2C(CO)=CC=C1C2C. The summed E-state index contributed by atoms with van der Waals surface area (Å²) in [5, 5.41) is 191. The Morgan fingerprint density at radius 1 is 0.633 bits per heavy atom. The Kier molecular flexibility index (Phi) is 25.7. The Balaban J connectivity index is 1.01. The minimum atomic E-state index is -2.89. The van der Waals surface area contributed by atoms with Crippen molar-refractivity contribution in [2.45, 2.75) is 224 Å². The molecular weight excluding hydrogens is 1710 g/mol. The van der Waals surface area contributed by atoms with Crippen LogP contribution in [0.15, 0.2) is 141 Å². The Bertz CT molecular complexity index is 5300.